The van der Waals surface area contributed by atoms with Crippen molar-refractivity contribution in [1.82, 2.24) is 10.6 Å². The molecule has 35 heavy (non-hydrogen) atoms. The maximum Gasteiger partial charge on any atom is 0.341 e. The summed E-state index contributed by atoms with van der Waals surface area (Å²) < 4.78 is 35.3. The van der Waals surface area contributed by atoms with E-state index in [-0.39, 0.29) is 29.5 Å². The summed E-state index contributed by atoms with van der Waals surface area (Å²) in [5.41, 5.74) is 2.48. The van der Waals surface area contributed by atoms with Gasteiger partial charge in [-0.1, -0.05) is 13.5 Å². The molecule has 0 radical (unpaired) electrons. The number of fused-ring (bicyclic) bond motifs is 2. The predicted octanol–water partition coefficient (Wildman–Crippen LogP) is 6.06. The molecule has 0 bridgehead atoms. The number of aryl methyl sites for hydroxylation is 1. The van der Waals surface area contributed by atoms with Crippen LogP contribution in [-0.4, -0.2) is 25.2 Å². The second-order valence-electron chi connectivity index (χ2n) is 9.06. The molecule has 2 aromatic rings. The molecule has 0 saturated heterocycles. The van der Waals surface area contributed by atoms with E-state index in [4.69, 9.17) is 4.74 Å². The Labute approximate surface area is 212 Å². The summed E-state index contributed by atoms with van der Waals surface area (Å²) in [6.07, 6.45) is 3.48. The summed E-state index contributed by atoms with van der Waals surface area (Å²) >= 11 is 2.47. The molecular formula is C25H31F2N3O3S2. The number of esters is 1. The van der Waals surface area contributed by atoms with Gasteiger partial charge in [0.15, 0.2) is 0 Å². The fourth-order valence-corrected chi connectivity index (χ4v) is 7.49. The topological polar surface area (TPSA) is 79.5 Å². The van der Waals surface area contributed by atoms with Crippen molar-refractivity contribution in [1.29, 1.82) is 0 Å². The number of allylic oxidation sites excluding steroid dienone is 1. The van der Waals surface area contributed by atoms with E-state index in [1.165, 1.54) is 18.3 Å². The first-order valence-electron chi connectivity index (χ1n) is 11.9. The lowest BCUT2D eigenvalue weighted by Gasteiger charge is -2.20. The van der Waals surface area contributed by atoms with Crippen LogP contribution in [0.5, 0.6) is 0 Å². The minimum Gasteiger partial charge on any atom is -0.462 e. The minimum atomic E-state index is -3.17. The lowest BCUT2D eigenvalue weighted by atomic mass is 9.86. The van der Waals surface area contributed by atoms with Gasteiger partial charge in [-0.15, -0.1) is 22.7 Å². The smallest absolute Gasteiger partial charge is 0.341 e. The van der Waals surface area contributed by atoms with Crippen molar-refractivity contribution < 1.29 is 23.1 Å². The van der Waals surface area contributed by atoms with Gasteiger partial charge in [0.05, 0.1) is 17.0 Å². The van der Waals surface area contributed by atoms with Gasteiger partial charge in [-0.25, -0.2) is 9.59 Å². The third-order valence-corrected chi connectivity index (χ3v) is 9.07. The van der Waals surface area contributed by atoms with Crippen molar-refractivity contribution in [3.8, 4) is 0 Å². The molecule has 3 N–H and O–H groups in total. The van der Waals surface area contributed by atoms with Crippen molar-refractivity contribution in [2.45, 2.75) is 71.4 Å². The van der Waals surface area contributed by atoms with Crippen molar-refractivity contribution >= 4 is 39.7 Å². The van der Waals surface area contributed by atoms with E-state index in [9.17, 15) is 18.4 Å². The highest BCUT2D eigenvalue weighted by Gasteiger charge is 2.39. The highest BCUT2D eigenvalue weighted by atomic mass is 32.1. The van der Waals surface area contributed by atoms with Gasteiger partial charge in [0.2, 0.25) is 0 Å². The second-order valence-corrected chi connectivity index (χ2v) is 11.3. The first kappa shape index (κ1) is 25.8. The number of carbonyl (C=O) groups excluding carboxylic acids is 2. The Hall–Kier alpha value is -2.30. The molecule has 3 heterocycles. The number of urea groups is 1. The van der Waals surface area contributed by atoms with E-state index in [1.807, 2.05) is 0 Å². The normalized spacial score (nSPS) is 17.3. The number of alkyl halides is 2. The van der Waals surface area contributed by atoms with Gasteiger partial charge >= 0.3 is 17.9 Å². The fourth-order valence-electron chi connectivity index (χ4n) is 4.76. The number of ether oxygens (including phenoxy) is 1. The van der Waals surface area contributed by atoms with Crippen molar-refractivity contribution in [2.24, 2.45) is 0 Å². The second kappa shape index (κ2) is 10.4. The molecule has 0 spiro atoms. The molecule has 2 aliphatic rings. The largest absolute Gasteiger partial charge is 0.462 e. The van der Waals surface area contributed by atoms with Gasteiger partial charge < -0.3 is 15.4 Å². The first-order chi connectivity index (χ1) is 16.6. The lowest BCUT2D eigenvalue weighted by molar-refractivity contribution is 0.0416. The molecule has 4 rings (SSSR count). The van der Waals surface area contributed by atoms with Crippen LogP contribution in [0, 0.1) is 0 Å². The highest BCUT2D eigenvalue weighted by molar-refractivity contribution is 7.17. The quantitative estimate of drug-likeness (QED) is 0.304. The van der Waals surface area contributed by atoms with E-state index in [2.05, 4.69) is 29.5 Å². The Morgan fingerprint density at radius 2 is 2.03 bits per heavy atom. The zero-order chi connectivity index (χ0) is 25.3. The Morgan fingerprint density at radius 3 is 2.74 bits per heavy atom. The van der Waals surface area contributed by atoms with Crippen LogP contribution in [0.3, 0.4) is 0 Å². The molecule has 1 aliphatic heterocycles. The van der Waals surface area contributed by atoms with Crippen LogP contribution in [0.25, 0.3) is 0 Å². The predicted molar refractivity (Wildman–Crippen MR) is 136 cm³/mol. The molecular weight excluding hydrogens is 492 g/mol. The standard InChI is InChI=1S/C25H31F2N3O3S2/c1-5-33-23(31)20-19-14(4)7-6-8-17(19)35-22(20)30-24(32)29-11-16-15-9-10-28-12-18(15)34-21(16)25(26,27)13(2)3/h14,28H,2,5-12H2,1,3-4H3,(H2,29,30,32). The number of carbonyl (C=O) groups is 2. The number of halogens is 2. The molecule has 2 amide bonds. The summed E-state index contributed by atoms with van der Waals surface area (Å²) in [6.45, 7) is 10.1. The minimum absolute atomic E-state index is 0.0356. The third kappa shape index (κ3) is 5.01. The molecule has 2 aromatic heterocycles. The van der Waals surface area contributed by atoms with E-state index in [1.54, 1.807) is 6.92 Å². The molecule has 1 atom stereocenters. The van der Waals surface area contributed by atoms with Gasteiger partial charge in [-0.3, -0.25) is 5.32 Å². The Bertz CT molecular complexity index is 1160. The average molecular weight is 524 g/mol. The average Bonchev–Trinajstić information content (AvgIpc) is 3.37. The number of hydrogen-bond donors (Lipinski definition) is 3. The van der Waals surface area contributed by atoms with Crippen molar-refractivity contribution in [3.63, 3.8) is 0 Å². The number of anilines is 1. The number of rotatable bonds is 7. The maximum atomic E-state index is 15.0. The van der Waals surface area contributed by atoms with Crippen molar-refractivity contribution in [2.75, 3.05) is 18.5 Å². The molecule has 1 unspecified atom stereocenters. The molecule has 0 saturated carbocycles. The number of amides is 2. The van der Waals surface area contributed by atoms with Crippen molar-refractivity contribution in [3.05, 3.63) is 49.0 Å². The van der Waals surface area contributed by atoms with Crippen LogP contribution < -0.4 is 16.0 Å². The van der Waals surface area contributed by atoms with Crippen LogP contribution in [0.15, 0.2) is 12.2 Å². The third-order valence-electron chi connectivity index (χ3n) is 6.55. The number of nitrogens with one attached hydrogen (secondary N) is 3. The summed E-state index contributed by atoms with van der Waals surface area (Å²) in [4.78, 5) is 27.6. The van der Waals surface area contributed by atoms with E-state index >= 15 is 0 Å². The van der Waals surface area contributed by atoms with Crippen LogP contribution in [0.2, 0.25) is 0 Å². The summed E-state index contributed by atoms with van der Waals surface area (Å²) in [6, 6.07) is -0.541. The zero-order valence-electron chi connectivity index (χ0n) is 20.2. The molecule has 0 fully saturated rings. The molecule has 10 heteroatoms. The molecule has 190 valence electrons. The summed E-state index contributed by atoms with van der Waals surface area (Å²) in [7, 11) is 0. The van der Waals surface area contributed by atoms with Gasteiger partial charge in [-0.2, -0.15) is 8.78 Å². The number of thiophene rings is 2. The Balaban J connectivity index is 1.58. The molecule has 6 nitrogen and oxygen atoms in total. The first-order valence-corrected chi connectivity index (χ1v) is 13.5. The van der Waals surface area contributed by atoms with E-state index < -0.39 is 17.9 Å². The Morgan fingerprint density at radius 1 is 1.26 bits per heavy atom. The van der Waals surface area contributed by atoms with E-state index in [0.717, 1.165) is 51.5 Å². The molecule has 0 aromatic carbocycles. The van der Waals surface area contributed by atoms with Crippen LogP contribution >= 0.6 is 22.7 Å². The van der Waals surface area contributed by atoms with Gasteiger partial charge in [0.25, 0.3) is 0 Å². The fraction of sp³-hybridized carbons (Fsp3) is 0.520. The summed E-state index contributed by atoms with van der Waals surface area (Å²) in [5, 5.41) is 9.22. The van der Waals surface area contributed by atoms with Crippen LogP contribution in [0.1, 0.15) is 81.2 Å². The van der Waals surface area contributed by atoms with Crippen LogP contribution in [-0.2, 0) is 36.6 Å². The number of hydrogen-bond acceptors (Lipinski definition) is 6. The van der Waals surface area contributed by atoms with E-state index in [0.29, 0.717) is 35.6 Å². The molecule has 1 aliphatic carbocycles. The maximum absolute atomic E-state index is 15.0. The lowest BCUT2D eigenvalue weighted by Crippen LogP contribution is -2.30. The van der Waals surface area contributed by atoms with Gasteiger partial charge in [0.1, 0.15) is 5.00 Å². The highest BCUT2D eigenvalue weighted by Crippen LogP contribution is 2.45. The van der Waals surface area contributed by atoms with Crippen LogP contribution in [0.4, 0.5) is 18.6 Å². The monoisotopic (exact) mass is 523 g/mol. The SMILES string of the molecule is C=C(C)C(F)(F)c1sc2c(c1CNC(=O)Nc1sc3c(c1C(=O)OCC)C(C)CCC3)CCNC2. The zero-order valence-corrected chi connectivity index (χ0v) is 21.9. The Kier molecular flexibility index (Phi) is 7.63. The van der Waals surface area contributed by atoms with Gasteiger partial charge in [0, 0.05) is 22.8 Å². The van der Waals surface area contributed by atoms with Gasteiger partial charge in [-0.05, 0) is 74.3 Å². The summed E-state index contributed by atoms with van der Waals surface area (Å²) in [5.74, 6) is -3.42.